The van der Waals surface area contributed by atoms with Crippen molar-refractivity contribution in [1.82, 2.24) is 14.6 Å². The third-order valence-corrected chi connectivity index (χ3v) is 3.12. The van der Waals surface area contributed by atoms with Gasteiger partial charge >= 0.3 is 0 Å². The Morgan fingerprint density at radius 2 is 1.95 bits per heavy atom. The summed E-state index contributed by atoms with van der Waals surface area (Å²) in [5.41, 5.74) is 2.69. The van der Waals surface area contributed by atoms with Gasteiger partial charge in [-0.3, -0.25) is 0 Å². The van der Waals surface area contributed by atoms with E-state index < -0.39 is 0 Å². The lowest BCUT2D eigenvalue weighted by atomic mass is 10.2. The summed E-state index contributed by atoms with van der Waals surface area (Å²) in [4.78, 5) is 4.21. The molecule has 1 aromatic carbocycles. The van der Waals surface area contributed by atoms with Crippen LogP contribution in [0.4, 0.5) is 0 Å². The maximum atomic E-state index is 5.86. The van der Waals surface area contributed by atoms with Gasteiger partial charge in [-0.1, -0.05) is 30.3 Å². The van der Waals surface area contributed by atoms with Gasteiger partial charge in [0.05, 0.1) is 11.6 Å². The van der Waals surface area contributed by atoms with Gasteiger partial charge in [-0.05, 0) is 17.7 Å². The molecule has 19 heavy (non-hydrogen) atoms. The molecule has 0 fully saturated rings. The highest BCUT2D eigenvalue weighted by molar-refractivity contribution is 6.16. The number of halogens is 1. The Balaban J connectivity index is 1.87. The lowest BCUT2D eigenvalue weighted by Gasteiger charge is -2.08. The Morgan fingerprint density at radius 3 is 2.74 bits per heavy atom. The van der Waals surface area contributed by atoms with Crippen LogP contribution in [0, 0.1) is 0 Å². The van der Waals surface area contributed by atoms with Crippen molar-refractivity contribution in [3.63, 3.8) is 0 Å². The number of hydrogen-bond acceptors (Lipinski definition) is 3. The molecule has 0 aliphatic rings. The van der Waals surface area contributed by atoms with E-state index >= 15 is 0 Å². The van der Waals surface area contributed by atoms with Gasteiger partial charge in [0.15, 0.2) is 11.4 Å². The van der Waals surface area contributed by atoms with E-state index in [0.717, 1.165) is 11.3 Å². The molecule has 0 spiro atoms. The first-order chi connectivity index (χ1) is 9.38. The highest BCUT2D eigenvalue weighted by Crippen LogP contribution is 2.21. The van der Waals surface area contributed by atoms with Crippen LogP contribution in [0.3, 0.4) is 0 Å². The summed E-state index contributed by atoms with van der Waals surface area (Å²) in [5.74, 6) is 1.09. The smallest absolute Gasteiger partial charge is 0.198 e. The Kier molecular flexibility index (Phi) is 3.33. The Morgan fingerprint density at radius 1 is 1.11 bits per heavy atom. The fourth-order valence-corrected chi connectivity index (χ4v) is 2.09. The van der Waals surface area contributed by atoms with Crippen LogP contribution in [0.15, 0.2) is 48.8 Å². The van der Waals surface area contributed by atoms with Crippen LogP contribution < -0.4 is 4.74 Å². The van der Waals surface area contributed by atoms with E-state index in [1.165, 1.54) is 6.33 Å². The third-order valence-electron chi connectivity index (χ3n) is 2.84. The zero-order valence-corrected chi connectivity index (χ0v) is 10.9. The van der Waals surface area contributed by atoms with Crippen LogP contribution in [0.5, 0.6) is 5.75 Å². The summed E-state index contributed by atoms with van der Waals surface area (Å²) < 4.78 is 7.50. The molecule has 0 atom stereocenters. The summed E-state index contributed by atoms with van der Waals surface area (Å²) in [6.45, 7) is 0.504. The van der Waals surface area contributed by atoms with Gasteiger partial charge in [-0.2, -0.15) is 5.10 Å². The molecule has 0 saturated heterocycles. The normalized spacial score (nSPS) is 10.8. The number of rotatable bonds is 4. The van der Waals surface area contributed by atoms with Crippen molar-refractivity contribution < 1.29 is 4.74 Å². The number of aromatic nitrogens is 3. The van der Waals surface area contributed by atoms with E-state index in [0.29, 0.717) is 23.9 Å². The van der Waals surface area contributed by atoms with E-state index in [9.17, 15) is 0 Å². The van der Waals surface area contributed by atoms with Crippen molar-refractivity contribution >= 4 is 17.2 Å². The van der Waals surface area contributed by atoms with Crippen LogP contribution in [-0.4, -0.2) is 14.6 Å². The monoisotopic (exact) mass is 273 g/mol. The van der Waals surface area contributed by atoms with Crippen LogP contribution in [0.25, 0.3) is 5.65 Å². The van der Waals surface area contributed by atoms with Crippen LogP contribution in [0.2, 0.25) is 0 Å². The number of pyridine rings is 1. The van der Waals surface area contributed by atoms with Crippen LogP contribution in [-0.2, 0) is 12.5 Å². The molecule has 0 bridgehead atoms. The average molecular weight is 274 g/mol. The highest BCUT2D eigenvalue weighted by Gasteiger charge is 2.08. The predicted octanol–water partition coefficient (Wildman–Crippen LogP) is 3.05. The minimum absolute atomic E-state index is 0.388. The second-order valence-electron chi connectivity index (χ2n) is 4.09. The minimum atomic E-state index is 0.388. The van der Waals surface area contributed by atoms with Gasteiger partial charge in [-0.15, -0.1) is 11.6 Å². The van der Waals surface area contributed by atoms with Gasteiger partial charge in [-0.25, -0.2) is 9.50 Å². The largest absolute Gasteiger partial charge is 0.485 e. The number of ether oxygens (including phenoxy) is 1. The lowest BCUT2D eigenvalue weighted by Crippen LogP contribution is -2.01. The molecule has 0 N–H and O–H groups in total. The molecule has 0 aliphatic carbocycles. The number of fused-ring (bicyclic) bond motifs is 1. The molecule has 3 rings (SSSR count). The van der Waals surface area contributed by atoms with Gasteiger partial charge in [0.25, 0.3) is 0 Å². The highest BCUT2D eigenvalue weighted by atomic mass is 35.5. The maximum Gasteiger partial charge on any atom is 0.198 e. The second kappa shape index (κ2) is 5.28. The molecular formula is C14H12ClN3O. The summed E-state index contributed by atoms with van der Waals surface area (Å²) >= 11 is 5.86. The molecule has 2 heterocycles. The molecule has 2 aromatic heterocycles. The number of nitrogens with zero attached hydrogens (tertiary/aromatic N) is 3. The maximum absolute atomic E-state index is 5.86. The van der Waals surface area contributed by atoms with Crippen molar-refractivity contribution in [1.29, 1.82) is 0 Å². The SMILES string of the molecule is ClCc1ccc(OCc2ccccc2)c2ncnn12. The molecule has 0 aliphatic heterocycles. The first-order valence-corrected chi connectivity index (χ1v) is 6.46. The van der Waals surface area contributed by atoms with E-state index in [4.69, 9.17) is 16.3 Å². The Labute approximate surface area is 115 Å². The third kappa shape index (κ3) is 2.39. The summed E-state index contributed by atoms with van der Waals surface area (Å²) in [5, 5.41) is 4.15. The van der Waals surface area contributed by atoms with E-state index in [2.05, 4.69) is 10.1 Å². The van der Waals surface area contributed by atoms with E-state index in [-0.39, 0.29) is 0 Å². The summed E-state index contributed by atoms with van der Waals surface area (Å²) in [6, 6.07) is 13.8. The topological polar surface area (TPSA) is 39.4 Å². The molecule has 96 valence electrons. The van der Waals surface area contributed by atoms with Gasteiger partial charge in [0.1, 0.15) is 12.9 Å². The summed E-state index contributed by atoms with van der Waals surface area (Å²) in [7, 11) is 0. The minimum Gasteiger partial charge on any atom is -0.485 e. The number of benzene rings is 1. The van der Waals surface area contributed by atoms with Gasteiger partial charge in [0.2, 0.25) is 0 Å². The fourth-order valence-electron chi connectivity index (χ4n) is 1.89. The molecular weight excluding hydrogens is 262 g/mol. The predicted molar refractivity (Wildman–Crippen MR) is 73.3 cm³/mol. The molecule has 5 heteroatoms. The molecule has 0 saturated carbocycles. The number of alkyl halides is 1. The van der Waals surface area contributed by atoms with Gasteiger partial charge < -0.3 is 4.74 Å². The van der Waals surface area contributed by atoms with Crippen molar-refractivity contribution in [3.8, 4) is 5.75 Å². The lowest BCUT2D eigenvalue weighted by molar-refractivity contribution is 0.308. The van der Waals surface area contributed by atoms with Crippen LogP contribution >= 0.6 is 11.6 Å². The first-order valence-electron chi connectivity index (χ1n) is 5.93. The first kappa shape index (κ1) is 12.0. The Hall–Kier alpha value is -2.07. The molecule has 0 radical (unpaired) electrons. The zero-order valence-electron chi connectivity index (χ0n) is 10.2. The zero-order chi connectivity index (χ0) is 13.1. The summed E-state index contributed by atoms with van der Waals surface area (Å²) in [6.07, 6.45) is 1.50. The molecule has 4 nitrogen and oxygen atoms in total. The average Bonchev–Trinajstić information content (AvgIpc) is 2.95. The molecule has 0 unspecified atom stereocenters. The fraction of sp³-hybridized carbons (Fsp3) is 0.143. The standard InChI is InChI=1S/C14H12ClN3O/c15-8-12-6-7-13(14-16-10-17-18(12)14)19-9-11-4-2-1-3-5-11/h1-7,10H,8-9H2. The van der Waals surface area contributed by atoms with E-state index in [1.54, 1.807) is 4.52 Å². The van der Waals surface area contributed by atoms with Crippen molar-refractivity contribution in [3.05, 3.63) is 60.0 Å². The second-order valence-corrected chi connectivity index (χ2v) is 4.36. The van der Waals surface area contributed by atoms with Crippen molar-refractivity contribution in [2.75, 3.05) is 0 Å². The van der Waals surface area contributed by atoms with E-state index in [1.807, 2.05) is 42.5 Å². The number of hydrogen-bond donors (Lipinski definition) is 0. The molecule has 0 amide bonds. The quantitative estimate of drug-likeness (QED) is 0.686. The van der Waals surface area contributed by atoms with Crippen molar-refractivity contribution in [2.24, 2.45) is 0 Å². The molecule has 3 aromatic rings. The Bertz CT molecular complexity index is 681. The van der Waals surface area contributed by atoms with Crippen LogP contribution in [0.1, 0.15) is 11.3 Å². The van der Waals surface area contributed by atoms with Crippen molar-refractivity contribution in [2.45, 2.75) is 12.5 Å². The van der Waals surface area contributed by atoms with Gasteiger partial charge in [0, 0.05) is 0 Å².